The average molecular weight is 345 g/mol. The van der Waals surface area contributed by atoms with Crippen LogP contribution in [0.1, 0.15) is 40.0 Å². The van der Waals surface area contributed by atoms with E-state index in [-0.39, 0.29) is 18.2 Å². The molecule has 0 saturated carbocycles. The first-order valence-corrected chi connectivity index (χ1v) is 8.36. The maximum absolute atomic E-state index is 12.3. The van der Waals surface area contributed by atoms with Gasteiger partial charge in [-0.25, -0.2) is 0 Å². The van der Waals surface area contributed by atoms with Crippen LogP contribution in [-0.2, 0) is 0 Å². The van der Waals surface area contributed by atoms with E-state index >= 15 is 0 Å². The average Bonchev–Trinajstić information content (AvgIpc) is 2.46. The molecule has 0 N–H and O–H groups in total. The second-order valence-electron chi connectivity index (χ2n) is 7.23. The van der Waals surface area contributed by atoms with Gasteiger partial charge in [0.05, 0.1) is 6.42 Å². The molecule has 0 amide bonds. The second-order valence-corrected chi connectivity index (χ2v) is 7.23. The lowest BCUT2D eigenvalue weighted by Crippen LogP contribution is -2.42. The van der Waals surface area contributed by atoms with Gasteiger partial charge in [-0.1, -0.05) is 0 Å². The van der Waals surface area contributed by atoms with Gasteiger partial charge in [-0.3, -0.25) is 4.90 Å². The number of likely N-dealkylation sites (tertiary alicyclic amines) is 1. The summed E-state index contributed by atoms with van der Waals surface area (Å²) in [5, 5.41) is 0. The SMILES string of the molecule is CC(C)(C)Oc1ccc(O[C@@H]2CCCN(CCC(F)(F)F)C2)cc1. The first-order chi connectivity index (χ1) is 11.1. The smallest absolute Gasteiger partial charge is 0.390 e. The van der Waals surface area contributed by atoms with Crippen molar-refractivity contribution in [3.05, 3.63) is 24.3 Å². The van der Waals surface area contributed by atoms with E-state index in [0.29, 0.717) is 13.1 Å². The van der Waals surface area contributed by atoms with Crippen LogP contribution in [0.5, 0.6) is 11.5 Å². The van der Waals surface area contributed by atoms with Crippen LogP contribution in [0.15, 0.2) is 24.3 Å². The molecule has 0 radical (unpaired) electrons. The number of alkyl halides is 3. The van der Waals surface area contributed by atoms with Crippen molar-refractivity contribution in [3.63, 3.8) is 0 Å². The zero-order chi connectivity index (χ0) is 17.8. The molecule has 1 aromatic rings. The van der Waals surface area contributed by atoms with E-state index < -0.39 is 12.6 Å². The minimum absolute atomic E-state index is 0.0434. The monoisotopic (exact) mass is 345 g/mol. The topological polar surface area (TPSA) is 21.7 Å². The summed E-state index contributed by atoms with van der Waals surface area (Å²) in [6.45, 7) is 7.23. The quantitative estimate of drug-likeness (QED) is 0.775. The molecule has 6 heteroatoms. The molecule has 0 spiro atoms. The molecule has 24 heavy (non-hydrogen) atoms. The summed E-state index contributed by atoms with van der Waals surface area (Å²) in [4.78, 5) is 1.83. The van der Waals surface area contributed by atoms with E-state index in [1.165, 1.54) is 0 Å². The van der Waals surface area contributed by atoms with Gasteiger partial charge in [0.1, 0.15) is 23.2 Å². The predicted molar refractivity (Wildman–Crippen MR) is 87.6 cm³/mol. The number of halogens is 3. The largest absolute Gasteiger partial charge is 0.489 e. The van der Waals surface area contributed by atoms with Gasteiger partial charge in [-0.05, 0) is 64.4 Å². The Kier molecular flexibility index (Phi) is 6.01. The van der Waals surface area contributed by atoms with Gasteiger partial charge in [-0.2, -0.15) is 13.2 Å². The molecule has 1 aliphatic rings. The van der Waals surface area contributed by atoms with Crippen molar-refractivity contribution in [1.82, 2.24) is 4.90 Å². The van der Waals surface area contributed by atoms with Gasteiger partial charge in [-0.15, -0.1) is 0 Å². The fourth-order valence-corrected chi connectivity index (χ4v) is 2.73. The van der Waals surface area contributed by atoms with Crippen molar-refractivity contribution in [2.24, 2.45) is 0 Å². The molecule has 1 heterocycles. The van der Waals surface area contributed by atoms with Crippen LogP contribution < -0.4 is 9.47 Å². The number of hydrogen-bond acceptors (Lipinski definition) is 3. The summed E-state index contributed by atoms with van der Waals surface area (Å²) in [5.41, 5.74) is -0.259. The number of nitrogens with zero attached hydrogens (tertiary/aromatic N) is 1. The Morgan fingerprint density at radius 1 is 1.08 bits per heavy atom. The van der Waals surface area contributed by atoms with Crippen molar-refractivity contribution in [2.75, 3.05) is 19.6 Å². The maximum atomic E-state index is 12.3. The third-order valence-corrected chi connectivity index (χ3v) is 3.72. The standard InChI is InChI=1S/C18H26F3NO2/c1-17(2,3)24-15-8-6-14(7-9-15)23-16-5-4-11-22(13-16)12-10-18(19,20)21/h6-9,16H,4-5,10-13H2,1-3H3/t16-/m1/s1. The Hall–Kier alpha value is -1.43. The second kappa shape index (κ2) is 7.64. The van der Waals surface area contributed by atoms with Crippen molar-refractivity contribution < 1.29 is 22.6 Å². The van der Waals surface area contributed by atoms with Crippen LogP contribution >= 0.6 is 0 Å². The zero-order valence-electron chi connectivity index (χ0n) is 14.5. The highest BCUT2D eigenvalue weighted by molar-refractivity contribution is 5.31. The van der Waals surface area contributed by atoms with Crippen LogP contribution in [0.25, 0.3) is 0 Å². The minimum atomic E-state index is -4.10. The zero-order valence-corrected chi connectivity index (χ0v) is 14.5. The van der Waals surface area contributed by atoms with Gasteiger partial charge in [0.15, 0.2) is 0 Å². The van der Waals surface area contributed by atoms with Crippen molar-refractivity contribution >= 4 is 0 Å². The highest BCUT2D eigenvalue weighted by Crippen LogP contribution is 2.25. The van der Waals surface area contributed by atoms with Gasteiger partial charge < -0.3 is 9.47 Å². The Morgan fingerprint density at radius 3 is 2.29 bits per heavy atom. The van der Waals surface area contributed by atoms with Crippen LogP contribution in [-0.4, -0.2) is 42.4 Å². The lowest BCUT2D eigenvalue weighted by Gasteiger charge is -2.33. The molecule has 1 atom stereocenters. The summed E-state index contributed by atoms with van der Waals surface area (Å²) >= 11 is 0. The number of rotatable bonds is 5. The van der Waals surface area contributed by atoms with E-state index in [1.807, 2.05) is 49.9 Å². The predicted octanol–water partition coefficient (Wildman–Crippen LogP) is 4.66. The van der Waals surface area contributed by atoms with Crippen molar-refractivity contribution in [1.29, 1.82) is 0 Å². The number of hydrogen-bond donors (Lipinski definition) is 0. The molecule has 2 rings (SSSR count). The van der Waals surface area contributed by atoms with Crippen LogP contribution in [0.3, 0.4) is 0 Å². The van der Waals surface area contributed by atoms with Gasteiger partial charge in [0.25, 0.3) is 0 Å². The molecule has 136 valence electrons. The summed E-state index contributed by atoms with van der Waals surface area (Å²) in [6, 6.07) is 7.39. The Labute approximate surface area is 141 Å². The summed E-state index contributed by atoms with van der Waals surface area (Å²) < 4.78 is 48.7. The van der Waals surface area contributed by atoms with E-state index in [9.17, 15) is 13.2 Å². The molecule has 0 bridgehead atoms. The lowest BCUT2D eigenvalue weighted by atomic mass is 10.1. The van der Waals surface area contributed by atoms with Crippen molar-refractivity contribution in [2.45, 2.75) is 57.9 Å². The normalized spacial score (nSPS) is 20.0. The first kappa shape index (κ1) is 18.9. The van der Waals surface area contributed by atoms with E-state index in [1.54, 1.807) is 0 Å². The number of piperidine rings is 1. The van der Waals surface area contributed by atoms with Gasteiger partial charge in [0, 0.05) is 13.1 Å². The molecule has 1 fully saturated rings. The van der Waals surface area contributed by atoms with Crippen LogP contribution in [0, 0.1) is 0 Å². The highest BCUT2D eigenvalue weighted by Gasteiger charge is 2.29. The summed E-state index contributed by atoms with van der Waals surface area (Å²) in [6.07, 6.45) is -3.22. The fraction of sp³-hybridized carbons (Fsp3) is 0.667. The summed E-state index contributed by atoms with van der Waals surface area (Å²) in [5.74, 6) is 1.49. The van der Waals surface area contributed by atoms with Gasteiger partial charge >= 0.3 is 6.18 Å². The molecule has 0 aliphatic carbocycles. The third-order valence-electron chi connectivity index (χ3n) is 3.72. The van der Waals surface area contributed by atoms with E-state index in [2.05, 4.69) is 0 Å². The minimum Gasteiger partial charge on any atom is -0.489 e. The molecule has 1 aromatic carbocycles. The Morgan fingerprint density at radius 2 is 1.71 bits per heavy atom. The lowest BCUT2D eigenvalue weighted by molar-refractivity contribution is -0.139. The summed E-state index contributed by atoms with van der Waals surface area (Å²) in [7, 11) is 0. The molecule has 1 aliphatic heterocycles. The molecule has 1 saturated heterocycles. The van der Waals surface area contributed by atoms with Crippen LogP contribution in [0.4, 0.5) is 13.2 Å². The van der Waals surface area contributed by atoms with Crippen LogP contribution in [0.2, 0.25) is 0 Å². The molecular weight excluding hydrogens is 319 g/mol. The Bertz CT molecular complexity index is 508. The molecule has 0 aromatic heterocycles. The fourth-order valence-electron chi connectivity index (χ4n) is 2.73. The molecule has 3 nitrogen and oxygen atoms in total. The third kappa shape index (κ3) is 6.99. The number of benzene rings is 1. The number of ether oxygens (including phenoxy) is 2. The maximum Gasteiger partial charge on any atom is 0.390 e. The molecular formula is C18H26F3NO2. The van der Waals surface area contributed by atoms with Gasteiger partial charge in [0.2, 0.25) is 0 Å². The Balaban J connectivity index is 1.84. The van der Waals surface area contributed by atoms with E-state index in [4.69, 9.17) is 9.47 Å². The van der Waals surface area contributed by atoms with Crippen molar-refractivity contribution in [3.8, 4) is 11.5 Å². The first-order valence-electron chi connectivity index (χ1n) is 8.36. The highest BCUT2D eigenvalue weighted by atomic mass is 19.4. The molecule has 0 unspecified atom stereocenters. The van der Waals surface area contributed by atoms with E-state index in [0.717, 1.165) is 24.3 Å².